The average Bonchev–Trinajstić information content (AvgIpc) is 2.95. The number of ether oxygens (including phenoxy) is 3. The Bertz CT molecular complexity index is 684. The van der Waals surface area contributed by atoms with Crippen molar-refractivity contribution in [2.75, 3.05) is 66.3 Å². The molecular weight excluding hydrogens is 540 g/mol. The van der Waals surface area contributed by atoms with E-state index in [9.17, 15) is 0 Å². The van der Waals surface area contributed by atoms with Crippen LogP contribution in [0.2, 0.25) is 0 Å². The van der Waals surface area contributed by atoms with Gasteiger partial charge in [-0.1, -0.05) is 38.3 Å². The first-order valence-electron chi connectivity index (χ1n) is 16.9. The molecule has 9 heteroatoms. The topological polar surface area (TPSA) is 119 Å². The standard InChI is InChI=1S/C34H70N6O3/c1-7-33(40(36)30-32(35)29-37-6)20-14-15-21-38-31(2)19-13-10-8-9-11-16-24-42-27-28-43-25-18-12-17-23-41-26-22-39-34(3,4)5/h7,30,33,37-39H,1-2,8-29,35-36H2,3-6H3/b32-30-. The van der Waals surface area contributed by atoms with E-state index in [1.807, 2.05) is 13.1 Å². The molecule has 0 rings (SSSR count). The summed E-state index contributed by atoms with van der Waals surface area (Å²) in [6.45, 7) is 21.7. The maximum atomic E-state index is 6.13. The van der Waals surface area contributed by atoms with E-state index in [4.69, 9.17) is 25.8 Å². The van der Waals surface area contributed by atoms with Crippen LogP contribution in [0.5, 0.6) is 0 Å². The van der Waals surface area contributed by atoms with Gasteiger partial charge in [-0.3, -0.25) is 0 Å². The van der Waals surface area contributed by atoms with Crippen molar-refractivity contribution in [1.82, 2.24) is 21.0 Å². The number of unbranched alkanes of at least 4 members (excludes halogenated alkanes) is 8. The monoisotopic (exact) mass is 611 g/mol. The summed E-state index contributed by atoms with van der Waals surface area (Å²) in [6.07, 6.45) is 18.5. The van der Waals surface area contributed by atoms with Crippen LogP contribution < -0.4 is 27.5 Å². The van der Waals surface area contributed by atoms with Crippen LogP contribution in [0.4, 0.5) is 0 Å². The molecule has 1 unspecified atom stereocenters. The van der Waals surface area contributed by atoms with Crippen molar-refractivity contribution >= 4 is 0 Å². The van der Waals surface area contributed by atoms with E-state index in [0.717, 1.165) is 96.6 Å². The van der Waals surface area contributed by atoms with Crippen LogP contribution in [-0.4, -0.2) is 82.9 Å². The summed E-state index contributed by atoms with van der Waals surface area (Å²) in [6, 6.07) is 0.0855. The van der Waals surface area contributed by atoms with Crippen molar-refractivity contribution < 1.29 is 14.2 Å². The number of nitrogens with one attached hydrogen (secondary N) is 3. The number of hydrazine groups is 1. The first kappa shape index (κ1) is 41.4. The highest BCUT2D eigenvalue weighted by Crippen LogP contribution is 2.11. The van der Waals surface area contributed by atoms with Gasteiger partial charge in [0.15, 0.2) is 0 Å². The lowest BCUT2D eigenvalue weighted by Crippen LogP contribution is -2.38. The highest BCUT2D eigenvalue weighted by Gasteiger charge is 2.09. The largest absolute Gasteiger partial charge is 0.400 e. The summed E-state index contributed by atoms with van der Waals surface area (Å²) in [5, 5.41) is 11.6. The minimum atomic E-state index is 0.0855. The third kappa shape index (κ3) is 30.2. The second-order valence-corrected chi connectivity index (χ2v) is 12.5. The van der Waals surface area contributed by atoms with E-state index >= 15 is 0 Å². The van der Waals surface area contributed by atoms with Crippen LogP contribution in [0.1, 0.15) is 104 Å². The predicted molar refractivity (Wildman–Crippen MR) is 184 cm³/mol. The first-order chi connectivity index (χ1) is 20.7. The van der Waals surface area contributed by atoms with E-state index in [1.165, 1.54) is 32.1 Å². The third-order valence-corrected chi connectivity index (χ3v) is 7.02. The molecule has 0 aliphatic carbocycles. The molecule has 1 atom stereocenters. The first-order valence-corrected chi connectivity index (χ1v) is 16.9. The van der Waals surface area contributed by atoms with Gasteiger partial charge in [0.25, 0.3) is 0 Å². The molecule has 0 spiro atoms. The number of allylic oxidation sites excluding steroid dienone is 1. The van der Waals surface area contributed by atoms with Crippen molar-refractivity contribution in [2.45, 2.75) is 116 Å². The summed E-state index contributed by atoms with van der Waals surface area (Å²) in [5.74, 6) is 6.13. The van der Waals surface area contributed by atoms with Crippen LogP contribution in [0.25, 0.3) is 0 Å². The lowest BCUT2D eigenvalue weighted by molar-refractivity contribution is 0.0440. The smallest absolute Gasteiger partial charge is 0.0700 e. The molecule has 0 saturated heterocycles. The Labute approximate surface area is 265 Å². The molecule has 0 bridgehead atoms. The van der Waals surface area contributed by atoms with E-state index in [-0.39, 0.29) is 11.6 Å². The van der Waals surface area contributed by atoms with Crippen LogP contribution in [0.15, 0.2) is 36.8 Å². The molecule has 0 aliphatic heterocycles. The molecule has 0 aromatic heterocycles. The van der Waals surface area contributed by atoms with Gasteiger partial charge in [0, 0.05) is 62.6 Å². The Morgan fingerprint density at radius 2 is 1.35 bits per heavy atom. The van der Waals surface area contributed by atoms with Gasteiger partial charge >= 0.3 is 0 Å². The number of nitrogens with two attached hydrogens (primary N) is 2. The van der Waals surface area contributed by atoms with Crippen molar-refractivity contribution in [1.29, 1.82) is 0 Å². The molecule has 0 heterocycles. The molecule has 9 nitrogen and oxygen atoms in total. The summed E-state index contributed by atoms with van der Waals surface area (Å²) in [7, 11) is 1.86. The SMILES string of the molecule is C=CC(CCCCNC(=C)CCCCCCCCOCCOCCCCCOCCNC(C)(C)C)N(N)/C=C(\N)CNC. The molecule has 0 aliphatic rings. The van der Waals surface area contributed by atoms with Crippen LogP contribution in [0.3, 0.4) is 0 Å². The molecule has 0 aromatic rings. The molecule has 0 aromatic carbocycles. The number of nitrogens with zero attached hydrogens (tertiary/aromatic N) is 1. The Balaban J connectivity index is 3.39. The van der Waals surface area contributed by atoms with E-state index < -0.39 is 0 Å². The number of hydrogen-bond acceptors (Lipinski definition) is 9. The predicted octanol–water partition coefficient (Wildman–Crippen LogP) is 5.35. The second kappa shape index (κ2) is 29.1. The minimum absolute atomic E-state index is 0.0855. The molecule has 0 saturated carbocycles. The quantitative estimate of drug-likeness (QED) is 0.0297. The Hall–Kier alpha value is -1.62. The normalized spacial score (nSPS) is 12.8. The number of likely N-dealkylation sites (N-methyl/N-ethyl adjacent to an activating group) is 1. The lowest BCUT2D eigenvalue weighted by Gasteiger charge is -2.24. The lowest BCUT2D eigenvalue weighted by atomic mass is 10.1. The van der Waals surface area contributed by atoms with Gasteiger partial charge in [-0.2, -0.15) is 0 Å². The van der Waals surface area contributed by atoms with Crippen molar-refractivity contribution in [2.24, 2.45) is 11.6 Å². The Morgan fingerprint density at radius 3 is 1.93 bits per heavy atom. The van der Waals surface area contributed by atoms with Crippen LogP contribution in [-0.2, 0) is 14.2 Å². The van der Waals surface area contributed by atoms with Crippen molar-refractivity contribution in [3.05, 3.63) is 36.8 Å². The summed E-state index contributed by atoms with van der Waals surface area (Å²) in [4.78, 5) is 0. The van der Waals surface area contributed by atoms with Gasteiger partial charge in [0.1, 0.15) is 0 Å². The number of rotatable bonds is 32. The zero-order chi connectivity index (χ0) is 32.0. The summed E-state index contributed by atoms with van der Waals surface area (Å²) in [5.41, 5.74) is 7.95. The van der Waals surface area contributed by atoms with Gasteiger partial charge in [-0.05, 0) is 85.6 Å². The fourth-order valence-electron chi connectivity index (χ4n) is 4.51. The molecule has 254 valence electrons. The van der Waals surface area contributed by atoms with Gasteiger partial charge in [-0.15, -0.1) is 6.58 Å². The summed E-state index contributed by atoms with van der Waals surface area (Å²) < 4.78 is 17.1. The van der Waals surface area contributed by atoms with Crippen molar-refractivity contribution in [3.63, 3.8) is 0 Å². The van der Waals surface area contributed by atoms with Crippen molar-refractivity contribution in [3.8, 4) is 0 Å². The highest BCUT2D eigenvalue weighted by atomic mass is 16.5. The number of hydrogen-bond donors (Lipinski definition) is 5. The van der Waals surface area contributed by atoms with E-state index in [0.29, 0.717) is 25.5 Å². The highest BCUT2D eigenvalue weighted by molar-refractivity contribution is 5.00. The molecule has 43 heavy (non-hydrogen) atoms. The van der Waals surface area contributed by atoms with E-state index in [1.54, 1.807) is 11.2 Å². The summed E-state index contributed by atoms with van der Waals surface area (Å²) >= 11 is 0. The molecule has 0 fully saturated rings. The zero-order valence-corrected chi connectivity index (χ0v) is 28.5. The Morgan fingerprint density at radius 1 is 0.791 bits per heavy atom. The minimum Gasteiger partial charge on any atom is -0.400 e. The van der Waals surface area contributed by atoms with E-state index in [2.05, 4.69) is 49.9 Å². The maximum Gasteiger partial charge on any atom is 0.0700 e. The molecular formula is C34H70N6O3. The molecule has 0 radical (unpaired) electrons. The van der Waals surface area contributed by atoms with Crippen LogP contribution in [0, 0.1) is 0 Å². The second-order valence-electron chi connectivity index (χ2n) is 12.5. The zero-order valence-electron chi connectivity index (χ0n) is 28.5. The fraction of sp³-hybridized carbons (Fsp3) is 0.824. The maximum absolute atomic E-state index is 6.13. The fourth-order valence-corrected chi connectivity index (χ4v) is 4.51. The van der Waals surface area contributed by atoms with Gasteiger partial charge in [0.2, 0.25) is 0 Å². The average molecular weight is 611 g/mol. The van der Waals surface area contributed by atoms with Gasteiger partial charge in [0.05, 0.1) is 25.9 Å². The van der Waals surface area contributed by atoms with Gasteiger partial charge in [-0.25, -0.2) is 5.84 Å². The molecule has 0 amide bonds. The van der Waals surface area contributed by atoms with Gasteiger partial charge < -0.3 is 40.9 Å². The molecule has 7 N–H and O–H groups in total. The van der Waals surface area contributed by atoms with Crippen LogP contribution >= 0.6 is 0 Å². The Kier molecular flexibility index (Phi) is 28.0. The third-order valence-electron chi connectivity index (χ3n) is 7.02.